The lowest BCUT2D eigenvalue weighted by Gasteiger charge is -2.30. The number of hydrogen-bond donors (Lipinski definition) is 1. The van der Waals surface area contributed by atoms with E-state index in [9.17, 15) is 8.42 Å². The predicted octanol–water partition coefficient (Wildman–Crippen LogP) is 3.51. The molecule has 0 amide bonds. The molecule has 1 saturated heterocycles. The number of thiazole rings is 1. The first-order valence-corrected chi connectivity index (χ1v) is 11.0. The molecule has 1 unspecified atom stereocenters. The molecule has 0 spiro atoms. The summed E-state index contributed by atoms with van der Waals surface area (Å²) in [7, 11) is -3.50. The van der Waals surface area contributed by atoms with Gasteiger partial charge in [0.05, 0.1) is 21.7 Å². The second kappa shape index (κ2) is 6.44. The molecule has 1 aliphatic rings. The van der Waals surface area contributed by atoms with Crippen molar-refractivity contribution in [1.29, 1.82) is 0 Å². The maximum atomic E-state index is 13.1. The third-order valence-corrected chi connectivity index (χ3v) is 8.39. The van der Waals surface area contributed by atoms with Crippen molar-refractivity contribution in [2.24, 2.45) is 0 Å². The molecule has 1 atom stereocenters. The van der Waals surface area contributed by atoms with E-state index in [1.807, 2.05) is 26.0 Å². The highest BCUT2D eigenvalue weighted by atomic mass is 32.2. The molecule has 3 aromatic rings. The molecule has 0 bridgehead atoms. The first-order chi connectivity index (χ1) is 12.3. The number of nitrogens with zero attached hydrogens (tertiary/aromatic N) is 3. The third-order valence-electron chi connectivity index (χ3n) is 4.86. The van der Waals surface area contributed by atoms with Crippen LogP contribution in [0.2, 0.25) is 0 Å². The largest absolute Gasteiger partial charge is 0.342 e. The summed E-state index contributed by atoms with van der Waals surface area (Å²) >= 11 is 1.25. The Morgan fingerprint density at radius 1 is 1.23 bits per heavy atom. The summed E-state index contributed by atoms with van der Waals surface area (Å²) in [5.74, 6) is 0.961. The van der Waals surface area contributed by atoms with Crippen molar-refractivity contribution in [3.8, 4) is 0 Å². The first kappa shape index (κ1) is 17.6. The number of nitrogens with one attached hydrogen (secondary N) is 1. The highest BCUT2D eigenvalue weighted by Crippen LogP contribution is 2.33. The highest BCUT2D eigenvalue weighted by Gasteiger charge is 2.34. The Kier molecular flexibility index (Phi) is 4.37. The van der Waals surface area contributed by atoms with Gasteiger partial charge in [-0.05, 0) is 51.3 Å². The maximum Gasteiger partial charge on any atom is 0.254 e. The molecule has 0 saturated carbocycles. The van der Waals surface area contributed by atoms with E-state index in [1.54, 1.807) is 11.2 Å². The van der Waals surface area contributed by atoms with Gasteiger partial charge in [0, 0.05) is 19.0 Å². The zero-order valence-electron chi connectivity index (χ0n) is 15.1. The average molecular weight is 391 g/mol. The van der Waals surface area contributed by atoms with E-state index in [-0.39, 0.29) is 5.92 Å². The van der Waals surface area contributed by atoms with Crippen LogP contribution in [0.1, 0.15) is 40.8 Å². The molecule has 0 radical (unpaired) electrons. The van der Waals surface area contributed by atoms with Crippen molar-refractivity contribution >= 4 is 32.4 Å². The number of aromatic amines is 1. The lowest BCUT2D eigenvalue weighted by atomic mass is 9.99. The molecule has 138 valence electrons. The van der Waals surface area contributed by atoms with Crippen LogP contribution < -0.4 is 0 Å². The standard InChI is InChI=1S/C18H22N4O2S2/c1-11-6-7-15-16(9-11)21-17(20-15)14-5-4-8-22(10-14)26(23,24)18-12(2)19-13(3)25-18/h6-7,9,14H,4-5,8,10H2,1-3H3,(H,20,21). The van der Waals surface area contributed by atoms with Gasteiger partial charge >= 0.3 is 0 Å². The Bertz CT molecular complexity index is 1070. The molecule has 8 heteroatoms. The van der Waals surface area contributed by atoms with Crippen LogP contribution in [0, 0.1) is 20.8 Å². The van der Waals surface area contributed by atoms with Gasteiger partial charge in [0.25, 0.3) is 10.0 Å². The molecule has 2 aromatic heterocycles. The van der Waals surface area contributed by atoms with E-state index in [1.165, 1.54) is 16.9 Å². The van der Waals surface area contributed by atoms with Crippen LogP contribution in [-0.2, 0) is 10.0 Å². The second-order valence-electron chi connectivity index (χ2n) is 6.95. The molecular formula is C18H22N4O2S2. The Balaban J connectivity index is 1.63. The van der Waals surface area contributed by atoms with Gasteiger partial charge in [-0.3, -0.25) is 0 Å². The summed E-state index contributed by atoms with van der Waals surface area (Å²) in [6, 6.07) is 6.12. The number of fused-ring (bicyclic) bond motifs is 1. The average Bonchev–Trinajstić information content (AvgIpc) is 3.17. The van der Waals surface area contributed by atoms with Crippen molar-refractivity contribution < 1.29 is 8.42 Å². The number of aromatic nitrogens is 3. The minimum atomic E-state index is -3.50. The van der Waals surface area contributed by atoms with E-state index in [4.69, 9.17) is 4.98 Å². The molecular weight excluding hydrogens is 368 g/mol. The number of aryl methyl sites for hydroxylation is 3. The Labute approximate surface area is 157 Å². The van der Waals surface area contributed by atoms with Gasteiger partial charge in [-0.2, -0.15) is 4.31 Å². The maximum absolute atomic E-state index is 13.1. The lowest BCUT2D eigenvalue weighted by Crippen LogP contribution is -2.39. The zero-order valence-corrected chi connectivity index (χ0v) is 16.7. The molecule has 26 heavy (non-hydrogen) atoms. The van der Waals surface area contributed by atoms with E-state index < -0.39 is 10.0 Å². The van der Waals surface area contributed by atoms with Crippen LogP contribution in [0.4, 0.5) is 0 Å². The third kappa shape index (κ3) is 3.06. The smallest absolute Gasteiger partial charge is 0.254 e. The van der Waals surface area contributed by atoms with Gasteiger partial charge in [0.15, 0.2) is 4.21 Å². The normalized spacial score (nSPS) is 19.3. The van der Waals surface area contributed by atoms with Gasteiger partial charge in [0.1, 0.15) is 5.82 Å². The van der Waals surface area contributed by atoms with Crippen molar-refractivity contribution in [3.05, 3.63) is 40.3 Å². The van der Waals surface area contributed by atoms with Gasteiger partial charge in [-0.15, -0.1) is 11.3 Å². The molecule has 6 nitrogen and oxygen atoms in total. The topological polar surface area (TPSA) is 79.0 Å². The van der Waals surface area contributed by atoms with Gasteiger partial charge in [0.2, 0.25) is 0 Å². The van der Waals surface area contributed by atoms with Crippen LogP contribution in [0.5, 0.6) is 0 Å². The fraction of sp³-hybridized carbons (Fsp3) is 0.444. The molecule has 1 aliphatic heterocycles. The molecule has 3 heterocycles. The molecule has 1 N–H and O–H groups in total. The highest BCUT2D eigenvalue weighted by molar-refractivity contribution is 7.91. The van der Waals surface area contributed by atoms with Gasteiger partial charge in [-0.1, -0.05) is 6.07 Å². The molecule has 0 aliphatic carbocycles. The Morgan fingerprint density at radius 3 is 2.77 bits per heavy atom. The van der Waals surface area contributed by atoms with Gasteiger partial charge in [-0.25, -0.2) is 18.4 Å². The van der Waals surface area contributed by atoms with Crippen LogP contribution in [0.3, 0.4) is 0 Å². The summed E-state index contributed by atoms with van der Waals surface area (Å²) in [6.45, 7) is 6.66. The quantitative estimate of drug-likeness (QED) is 0.742. The summed E-state index contributed by atoms with van der Waals surface area (Å²) < 4.78 is 28.1. The first-order valence-electron chi connectivity index (χ1n) is 8.75. The van der Waals surface area contributed by atoms with Crippen LogP contribution >= 0.6 is 11.3 Å². The number of hydrogen-bond acceptors (Lipinski definition) is 5. The van der Waals surface area contributed by atoms with Crippen molar-refractivity contribution in [1.82, 2.24) is 19.3 Å². The minimum Gasteiger partial charge on any atom is -0.342 e. The number of rotatable bonds is 3. The Hall–Kier alpha value is -1.77. The zero-order chi connectivity index (χ0) is 18.5. The minimum absolute atomic E-state index is 0.0838. The van der Waals surface area contributed by atoms with Crippen molar-refractivity contribution in [3.63, 3.8) is 0 Å². The monoisotopic (exact) mass is 390 g/mol. The number of sulfonamides is 1. The number of benzene rings is 1. The summed E-state index contributed by atoms with van der Waals surface area (Å²) in [5.41, 5.74) is 3.71. The second-order valence-corrected chi connectivity index (χ2v) is 10.3. The van der Waals surface area contributed by atoms with E-state index in [0.717, 1.165) is 34.7 Å². The molecule has 1 fully saturated rings. The fourth-order valence-electron chi connectivity index (χ4n) is 3.59. The number of piperidine rings is 1. The van der Waals surface area contributed by atoms with Crippen molar-refractivity contribution in [2.75, 3.05) is 13.1 Å². The number of imidazole rings is 1. The van der Waals surface area contributed by atoms with E-state index >= 15 is 0 Å². The predicted molar refractivity (Wildman–Crippen MR) is 103 cm³/mol. The summed E-state index contributed by atoms with van der Waals surface area (Å²) in [5, 5.41) is 0.780. The molecule has 1 aromatic carbocycles. The van der Waals surface area contributed by atoms with Crippen LogP contribution in [-0.4, -0.2) is 40.8 Å². The van der Waals surface area contributed by atoms with E-state index in [2.05, 4.69) is 16.0 Å². The van der Waals surface area contributed by atoms with E-state index in [0.29, 0.717) is 23.0 Å². The molecule has 4 rings (SSSR count). The van der Waals surface area contributed by atoms with Crippen LogP contribution in [0.15, 0.2) is 22.4 Å². The van der Waals surface area contributed by atoms with Crippen LogP contribution in [0.25, 0.3) is 11.0 Å². The fourth-order valence-corrected chi connectivity index (χ4v) is 6.73. The summed E-state index contributed by atoms with van der Waals surface area (Å²) in [6.07, 6.45) is 1.77. The number of H-pyrrole nitrogens is 1. The SMILES string of the molecule is Cc1ccc2nc(C3CCCN(S(=O)(=O)c4sc(C)nc4C)C3)[nH]c2c1. The lowest BCUT2D eigenvalue weighted by molar-refractivity contribution is 0.310. The van der Waals surface area contributed by atoms with Crippen molar-refractivity contribution in [2.45, 2.75) is 43.7 Å². The summed E-state index contributed by atoms with van der Waals surface area (Å²) in [4.78, 5) is 12.4. The van der Waals surface area contributed by atoms with Gasteiger partial charge < -0.3 is 4.98 Å². The Morgan fingerprint density at radius 2 is 2.04 bits per heavy atom.